The molecular weight excluding hydrogens is 288 g/mol. The normalized spacial score (nSPS) is 14.1. The first-order valence-electron chi connectivity index (χ1n) is 8.33. The number of carbonyl (C=O) groups excluding carboxylic acids is 1. The lowest BCUT2D eigenvalue weighted by molar-refractivity contribution is -0.115. The molecule has 0 fully saturated rings. The van der Waals surface area contributed by atoms with Gasteiger partial charge in [0, 0.05) is 22.6 Å². The summed E-state index contributed by atoms with van der Waals surface area (Å²) in [7, 11) is 1.98. The average molecular weight is 322 g/mol. The molecule has 5 heteroatoms. The Labute approximate surface area is 141 Å². The Bertz CT molecular complexity index is 541. The van der Waals surface area contributed by atoms with E-state index in [9.17, 15) is 4.79 Å². The molecule has 1 aromatic rings. The Morgan fingerprint density at radius 2 is 1.65 bits per heavy atom. The van der Waals surface area contributed by atoms with Gasteiger partial charge < -0.3 is 10.1 Å². The minimum absolute atomic E-state index is 0.0185. The molecule has 0 radical (unpaired) electrons. The van der Waals surface area contributed by atoms with Crippen molar-refractivity contribution in [3.05, 3.63) is 11.9 Å². The van der Waals surface area contributed by atoms with Crippen LogP contribution < -0.4 is 5.32 Å². The van der Waals surface area contributed by atoms with E-state index in [1.165, 1.54) is 0 Å². The van der Waals surface area contributed by atoms with Crippen molar-refractivity contribution in [3.8, 4) is 0 Å². The maximum Gasteiger partial charge on any atom is 0.125 e. The molecule has 0 aromatic carbocycles. The van der Waals surface area contributed by atoms with E-state index in [0.717, 1.165) is 24.8 Å². The molecule has 0 aliphatic carbocycles. The van der Waals surface area contributed by atoms with Crippen molar-refractivity contribution in [1.29, 1.82) is 0 Å². The molecule has 0 atom stereocenters. The second kappa shape index (κ2) is 6.34. The standard InChI is InChI=1S/C18H34N4O/c1-15(2,13-23)11-16(3,4)14-10-22(21-20-14)18(7,8)12-17(5,6)19-9/h10,13,19H,11-12H2,1-9H3. The summed E-state index contributed by atoms with van der Waals surface area (Å²) in [6.07, 6.45) is 4.73. The molecular formula is C18H34N4O. The van der Waals surface area contributed by atoms with Gasteiger partial charge in [0.1, 0.15) is 6.29 Å². The molecule has 23 heavy (non-hydrogen) atoms. The van der Waals surface area contributed by atoms with E-state index >= 15 is 0 Å². The number of aldehydes is 1. The zero-order valence-electron chi connectivity index (χ0n) is 16.3. The molecule has 5 nitrogen and oxygen atoms in total. The van der Waals surface area contributed by atoms with Gasteiger partial charge in [0.25, 0.3) is 0 Å². The predicted octanol–water partition coefficient (Wildman–Crippen LogP) is 3.29. The quantitative estimate of drug-likeness (QED) is 0.746. The Hall–Kier alpha value is -1.23. The average Bonchev–Trinajstić information content (AvgIpc) is 2.87. The van der Waals surface area contributed by atoms with Gasteiger partial charge in [-0.2, -0.15) is 0 Å². The summed E-state index contributed by atoms with van der Waals surface area (Å²) in [4.78, 5) is 11.2. The van der Waals surface area contributed by atoms with Gasteiger partial charge in [-0.3, -0.25) is 0 Å². The smallest absolute Gasteiger partial charge is 0.125 e. The molecule has 1 heterocycles. The van der Waals surface area contributed by atoms with E-state index in [4.69, 9.17) is 0 Å². The van der Waals surface area contributed by atoms with Crippen LogP contribution in [-0.2, 0) is 15.7 Å². The molecule has 0 saturated carbocycles. The van der Waals surface area contributed by atoms with Crippen LogP contribution in [0.1, 0.15) is 73.9 Å². The van der Waals surface area contributed by atoms with Crippen LogP contribution in [0.25, 0.3) is 0 Å². The van der Waals surface area contributed by atoms with Crippen LogP contribution in [0.3, 0.4) is 0 Å². The largest absolute Gasteiger partial charge is 0.315 e. The molecule has 0 unspecified atom stereocenters. The van der Waals surface area contributed by atoms with Crippen LogP contribution in [0.5, 0.6) is 0 Å². The van der Waals surface area contributed by atoms with E-state index in [-0.39, 0.29) is 21.9 Å². The third-order valence-corrected chi connectivity index (χ3v) is 4.57. The highest BCUT2D eigenvalue weighted by molar-refractivity contribution is 5.58. The third-order valence-electron chi connectivity index (χ3n) is 4.57. The van der Waals surface area contributed by atoms with Gasteiger partial charge in [-0.25, -0.2) is 4.68 Å². The van der Waals surface area contributed by atoms with Crippen molar-refractivity contribution < 1.29 is 4.79 Å². The summed E-state index contributed by atoms with van der Waals surface area (Å²) in [6.45, 7) is 16.9. The molecule has 132 valence electrons. The Morgan fingerprint density at radius 1 is 1.09 bits per heavy atom. The lowest BCUT2D eigenvalue weighted by Crippen LogP contribution is -2.44. The maximum atomic E-state index is 11.2. The van der Waals surface area contributed by atoms with Crippen molar-refractivity contribution in [2.75, 3.05) is 7.05 Å². The number of hydrogen-bond donors (Lipinski definition) is 1. The number of aromatic nitrogens is 3. The van der Waals surface area contributed by atoms with Crippen molar-refractivity contribution in [3.63, 3.8) is 0 Å². The molecule has 1 N–H and O–H groups in total. The molecule has 0 spiro atoms. The SMILES string of the molecule is CNC(C)(C)CC(C)(C)n1cc(C(C)(C)CC(C)(C)C=O)nn1. The van der Waals surface area contributed by atoms with E-state index in [0.29, 0.717) is 0 Å². The maximum absolute atomic E-state index is 11.2. The lowest BCUT2D eigenvalue weighted by atomic mass is 9.74. The minimum atomic E-state index is -0.364. The molecule has 0 aliphatic rings. The summed E-state index contributed by atoms with van der Waals surface area (Å²) < 4.78 is 1.96. The van der Waals surface area contributed by atoms with Gasteiger partial charge in [0.05, 0.1) is 11.2 Å². The van der Waals surface area contributed by atoms with Gasteiger partial charge in [0.2, 0.25) is 0 Å². The van der Waals surface area contributed by atoms with E-state index in [2.05, 4.69) is 57.2 Å². The van der Waals surface area contributed by atoms with Crippen molar-refractivity contribution in [2.45, 2.75) is 84.7 Å². The highest BCUT2D eigenvalue weighted by Crippen LogP contribution is 2.35. The van der Waals surface area contributed by atoms with Crippen LogP contribution in [-0.4, -0.2) is 33.9 Å². The summed E-state index contributed by atoms with van der Waals surface area (Å²) >= 11 is 0. The number of nitrogens with one attached hydrogen (secondary N) is 1. The highest BCUT2D eigenvalue weighted by Gasteiger charge is 2.35. The van der Waals surface area contributed by atoms with Crippen LogP contribution in [0.2, 0.25) is 0 Å². The summed E-state index contributed by atoms with van der Waals surface area (Å²) in [5, 5.41) is 12.1. The molecule has 1 rings (SSSR count). The molecule has 0 saturated heterocycles. The summed E-state index contributed by atoms with van der Waals surface area (Å²) in [5.41, 5.74) is 0.245. The summed E-state index contributed by atoms with van der Waals surface area (Å²) in [6, 6.07) is 0. The first-order valence-corrected chi connectivity index (χ1v) is 8.33. The minimum Gasteiger partial charge on any atom is -0.315 e. The van der Waals surface area contributed by atoms with E-state index in [1.807, 2.05) is 31.8 Å². The van der Waals surface area contributed by atoms with Crippen molar-refractivity contribution >= 4 is 6.29 Å². The second-order valence-electron chi connectivity index (χ2n) is 9.34. The highest BCUT2D eigenvalue weighted by atomic mass is 16.1. The Balaban J connectivity index is 3.03. The van der Waals surface area contributed by atoms with Crippen LogP contribution in [0, 0.1) is 5.41 Å². The fraction of sp³-hybridized carbons (Fsp3) is 0.833. The topological polar surface area (TPSA) is 59.8 Å². The van der Waals surface area contributed by atoms with E-state index < -0.39 is 0 Å². The second-order valence-corrected chi connectivity index (χ2v) is 9.34. The third kappa shape index (κ3) is 5.13. The number of hydrogen-bond acceptors (Lipinski definition) is 4. The van der Waals surface area contributed by atoms with Gasteiger partial charge in [-0.1, -0.05) is 32.9 Å². The fourth-order valence-corrected chi connectivity index (χ4v) is 3.39. The first kappa shape index (κ1) is 19.8. The van der Waals surface area contributed by atoms with E-state index in [1.54, 1.807) is 0 Å². The van der Waals surface area contributed by atoms with Crippen molar-refractivity contribution in [2.24, 2.45) is 5.41 Å². The number of nitrogens with zero attached hydrogens (tertiary/aromatic N) is 3. The first-order chi connectivity index (χ1) is 10.2. The fourth-order valence-electron chi connectivity index (χ4n) is 3.39. The number of rotatable bonds is 8. The van der Waals surface area contributed by atoms with Gasteiger partial charge >= 0.3 is 0 Å². The Kier molecular flexibility index (Phi) is 5.47. The zero-order valence-corrected chi connectivity index (χ0v) is 16.3. The van der Waals surface area contributed by atoms with Crippen LogP contribution >= 0.6 is 0 Å². The van der Waals surface area contributed by atoms with Gasteiger partial charge in [-0.15, -0.1) is 5.10 Å². The molecule has 0 aliphatic heterocycles. The number of carbonyl (C=O) groups is 1. The Morgan fingerprint density at radius 3 is 2.13 bits per heavy atom. The predicted molar refractivity (Wildman–Crippen MR) is 94.6 cm³/mol. The summed E-state index contributed by atoms with van der Waals surface area (Å²) in [5.74, 6) is 0. The van der Waals surface area contributed by atoms with Crippen LogP contribution in [0.4, 0.5) is 0 Å². The molecule has 0 amide bonds. The zero-order chi connectivity index (χ0) is 18.1. The van der Waals surface area contributed by atoms with Crippen LogP contribution in [0.15, 0.2) is 6.20 Å². The monoisotopic (exact) mass is 322 g/mol. The lowest BCUT2D eigenvalue weighted by Gasteiger charge is -2.35. The van der Waals surface area contributed by atoms with Gasteiger partial charge in [-0.05, 0) is 47.6 Å². The van der Waals surface area contributed by atoms with Crippen molar-refractivity contribution in [1.82, 2.24) is 20.3 Å². The van der Waals surface area contributed by atoms with Gasteiger partial charge in [0.15, 0.2) is 0 Å². The molecule has 0 bridgehead atoms. The molecule has 1 aromatic heterocycles.